The normalized spacial score (nSPS) is 12.1. The van der Waals surface area contributed by atoms with E-state index in [2.05, 4.69) is 4.72 Å². The van der Waals surface area contributed by atoms with Crippen LogP contribution >= 0.6 is 22.9 Å². The summed E-state index contributed by atoms with van der Waals surface area (Å²) in [7, 11) is -1.54. The summed E-state index contributed by atoms with van der Waals surface area (Å²) >= 11 is 7.58. The van der Waals surface area contributed by atoms with Gasteiger partial charge in [0.15, 0.2) is 0 Å². The van der Waals surface area contributed by atoms with Gasteiger partial charge in [-0.3, -0.25) is 9.13 Å². The smallest absolute Gasteiger partial charge is 0.295 e. The van der Waals surface area contributed by atoms with Crippen molar-refractivity contribution in [3.63, 3.8) is 0 Å². The standard InChI is InChI=1S/C15H16ClN3O3S2/c1-18-12-5-3-4-6-13(12)19(15(18)20)9-10-7-11(16)14(23-10)8-17-24(2,21)22/h3-7,17H,8-9H2,1-2H3. The first-order valence-corrected chi connectivity index (χ1v) is 10.2. The highest BCUT2D eigenvalue weighted by atomic mass is 35.5. The van der Waals surface area contributed by atoms with Crippen LogP contribution in [0.25, 0.3) is 11.0 Å². The number of fused-ring (bicyclic) bond motifs is 1. The van der Waals surface area contributed by atoms with E-state index in [1.807, 2.05) is 24.3 Å². The Morgan fingerprint density at radius 1 is 1.25 bits per heavy atom. The molecule has 0 unspecified atom stereocenters. The second-order valence-corrected chi connectivity index (χ2v) is 8.96. The molecule has 6 nitrogen and oxygen atoms in total. The predicted molar refractivity (Wildman–Crippen MR) is 97.3 cm³/mol. The molecule has 2 aromatic heterocycles. The summed E-state index contributed by atoms with van der Waals surface area (Å²) < 4.78 is 28.1. The van der Waals surface area contributed by atoms with Crippen LogP contribution in [0.5, 0.6) is 0 Å². The molecule has 0 bridgehead atoms. The van der Waals surface area contributed by atoms with Crippen LogP contribution < -0.4 is 10.4 Å². The molecule has 0 radical (unpaired) electrons. The Morgan fingerprint density at radius 2 is 1.92 bits per heavy atom. The second kappa shape index (κ2) is 6.36. The lowest BCUT2D eigenvalue weighted by Gasteiger charge is -2.01. The molecule has 1 aromatic carbocycles. The van der Waals surface area contributed by atoms with E-state index in [4.69, 9.17) is 11.6 Å². The topological polar surface area (TPSA) is 73.1 Å². The lowest BCUT2D eigenvalue weighted by molar-refractivity contribution is 0.588. The molecule has 128 valence electrons. The Hall–Kier alpha value is -1.61. The van der Waals surface area contributed by atoms with Crippen molar-refractivity contribution in [3.05, 3.63) is 55.6 Å². The highest BCUT2D eigenvalue weighted by Gasteiger charge is 2.14. The molecule has 1 N–H and O–H groups in total. The first kappa shape index (κ1) is 17.2. The number of hydrogen-bond acceptors (Lipinski definition) is 4. The number of sulfonamides is 1. The average Bonchev–Trinajstić information content (AvgIpc) is 2.98. The van der Waals surface area contributed by atoms with Gasteiger partial charge in [-0.15, -0.1) is 11.3 Å². The van der Waals surface area contributed by atoms with Crippen molar-refractivity contribution in [2.45, 2.75) is 13.1 Å². The summed E-state index contributed by atoms with van der Waals surface area (Å²) in [6, 6.07) is 9.36. The Bertz CT molecular complexity index is 1060. The fourth-order valence-corrected chi connectivity index (χ4v) is 4.39. The Labute approximate surface area is 148 Å². The minimum Gasteiger partial charge on any atom is -0.295 e. The van der Waals surface area contributed by atoms with Crippen LogP contribution in [0.4, 0.5) is 0 Å². The fraction of sp³-hybridized carbons (Fsp3) is 0.267. The van der Waals surface area contributed by atoms with Crippen molar-refractivity contribution in [1.29, 1.82) is 0 Å². The summed E-state index contributed by atoms with van der Waals surface area (Å²) in [4.78, 5) is 14.1. The number of benzene rings is 1. The Morgan fingerprint density at radius 3 is 2.58 bits per heavy atom. The molecule has 0 aliphatic heterocycles. The number of imidazole rings is 1. The van der Waals surface area contributed by atoms with Gasteiger partial charge in [0.05, 0.1) is 28.9 Å². The third-order valence-electron chi connectivity index (χ3n) is 3.67. The maximum absolute atomic E-state index is 12.4. The molecule has 0 fully saturated rings. The monoisotopic (exact) mass is 385 g/mol. The summed E-state index contributed by atoms with van der Waals surface area (Å²) in [5.74, 6) is 0. The van der Waals surface area contributed by atoms with E-state index in [1.54, 1.807) is 22.2 Å². The molecule has 3 rings (SSSR count). The van der Waals surface area contributed by atoms with Crippen LogP contribution in [0.3, 0.4) is 0 Å². The predicted octanol–water partition coefficient (Wildman–Crippen LogP) is 2.15. The lowest BCUT2D eigenvalue weighted by Crippen LogP contribution is -2.22. The molecule has 0 amide bonds. The molecule has 3 aromatic rings. The van der Waals surface area contributed by atoms with Gasteiger partial charge in [0.25, 0.3) is 0 Å². The number of aryl methyl sites for hydroxylation is 1. The average molecular weight is 386 g/mol. The van der Waals surface area contributed by atoms with E-state index in [1.165, 1.54) is 11.3 Å². The molecule has 0 atom stereocenters. The summed E-state index contributed by atoms with van der Waals surface area (Å²) in [6.07, 6.45) is 1.10. The minimum atomic E-state index is -3.28. The van der Waals surface area contributed by atoms with E-state index >= 15 is 0 Å². The number of halogens is 1. The van der Waals surface area contributed by atoms with Gasteiger partial charge in [0.2, 0.25) is 10.0 Å². The van der Waals surface area contributed by atoms with Crippen LogP contribution in [0, 0.1) is 0 Å². The molecule has 0 saturated carbocycles. The molecule has 0 aliphatic rings. The van der Waals surface area contributed by atoms with E-state index in [0.717, 1.165) is 27.0 Å². The van der Waals surface area contributed by atoms with Crippen LogP contribution in [0.1, 0.15) is 9.75 Å². The van der Waals surface area contributed by atoms with E-state index in [9.17, 15) is 13.2 Å². The molecule has 0 saturated heterocycles. The largest absolute Gasteiger partial charge is 0.329 e. The second-order valence-electron chi connectivity index (χ2n) is 5.49. The zero-order valence-corrected chi connectivity index (χ0v) is 15.5. The van der Waals surface area contributed by atoms with Crippen molar-refractivity contribution in [2.75, 3.05) is 6.26 Å². The number of rotatable bonds is 5. The lowest BCUT2D eigenvalue weighted by atomic mass is 10.3. The molecule has 0 spiro atoms. The van der Waals surface area contributed by atoms with Crippen LogP contribution in [0.15, 0.2) is 35.1 Å². The SMILES string of the molecule is Cn1c(=O)n(Cc2cc(Cl)c(CNS(C)(=O)=O)s2)c2ccccc21. The third-order valence-corrected chi connectivity index (χ3v) is 5.91. The van der Waals surface area contributed by atoms with Crippen molar-refractivity contribution < 1.29 is 8.42 Å². The maximum Gasteiger partial charge on any atom is 0.329 e. The molecule has 9 heteroatoms. The summed E-state index contributed by atoms with van der Waals surface area (Å²) in [6.45, 7) is 0.538. The summed E-state index contributed by atoms with van der Waals surface area (Å²) in [5, 5.41) is 0.499. The number of aromatic nitrogens is 2. The number of hydrogen-bond donors (Lipinski definition) is 1. The fourth-order valence-electron chi connectivity index (χ4n) is 2.53. The van der Waals surface area contributed by atoms with Gasteiger partial charge >= 0.3 is 5.69 Å². The molecule has 0 aliphatic carbocycles. The van der Waals surface area contributed by atoms with E-state index < -0.39 is 10.0 Å². The molecular weight excluding hydrogens is 370 g/mol. The Balaban J connectivity index is 1.93. The van der Waals surface area contributed by atoms with E-state index in [0.29, 0.717) is 11.6 Å². The van der Waals surface area contributed by atoms with Crippen molar-refractivity contribution in [1.82, 2.24) is 13.9 Å². The van der Waals surface area contributed by atoms with Gasteiger partial charge < -0.3 is 0 Å². The van der Waals surface area contributed by atoms with Gasteiger partial charge in [0.1, 0.15) is 0 Å². The van der Waals surface area contributed by atoms with Gasteiger partial charge in [-0.05, 0) is 18.2 Å². The van der Waals surface area contributed by atoms with Crippen LogP contribution in [-0.4, -0.2) is 23.8 Å². The zero-order valence-electron chi connectivity index (χ0n) is 13.1. The minimum absolute atomic E-state index is 0.100. The number of thiophene rings is 1. The van der Waals surface area contributed by atoms with Gasteiger partial charge in [0, 0.05) is 23.3 Å². The number of nitrogens with one attached hydrogen (secondary N) is 1. The quantitative estimate of drug-likeness (QED) is 0.731. The molecular formula is C15H16ClN3O3S2. The van der Waals surface area contributed by atoms with Crippen LogP contribution in [0.2, 0.25) is 5.02 Å². The van der Waals surface area contributed by atoms with Crippen LogP contribution in [-0.2, 0) is 30.2 Å². The van der Waals surface area contributed by atoms with Crippen molar-refractivity contribution in [2.24, 2.45) is 7.05 Å². The highest BCUT2D eigenvalue weighted by Crippen LogP contribution is 2.28. The zero-order chi connectivity index (χ0) is 17.5. The Kier molecular flexibility index (Phi) is 4.56. The van der Waals surface area contributed by atoms with Gasteiger partial charge in [-0.2, -0.15) is 0 Å². The van der Waals surface area contributed by atoms with Gasteiger partial charge in [-0.25, -0.2) is 17.9 Å². The highest BCUT2D eigenvalue weighted by molar-refractivity contribution is 7.88. The summed E-state index contributed by atoms with van der Waals surface area (Å²) in [5.41, 5.74) is 1.62. The molecule has 24 heavy (non-hydrogen) atoms. The van der Waals surface area contributed by atoms with Crippen molar-refractivity contribution >= 4 is 44.0 Å². The first-order chi connectivity index (χ1) is 11.3. The third kappa shape index (κ3) is 3.41. The number of nitrogens with zero attached hydrogens (tertiary/aromatic N) is 2. The maximum atomic E-state index is 12.4. The molecule has 2 heterocycles. The first-order valence-electron chi connectivity index (χ1n) is 7.12. The van der Waals surface area contributed by atoms with Crippen molar-refractivity contribution in [3.8, 4) is 0 Å². The van der Waals surface area contributed by atoms with E-state index in [-0.39, 0.29) is 12.2 Å². The van der Waals surface area contributed by atoms with Gasteiger partial charge in [-0.1, -0.05) is 23.7 Å². The number of para-hydroxylation sites is 2.